The number of hydrogen-bond acceptors (Lipinski definition) is 3. The van der Waals surface area contributed by atoms with Crippen molar-refractivity contribution in [3.8, 4) is 11.3 Å². The smallest absolute Gasteiger partial charge is 0.132 e. The summed E-state index contributed by atoms with van der Waals surface area (Å²) in [6.45, 7) is 0.747. The summed E-state index contributed by atoms with van der Waals surface area (Å²) in [6.07, 6.45) is 5.31. The Kier molecular flexibility index (Phi) is 3.52. The minimum Gasteiger partial charge on any atom is -0.383 e. The predicted octanol–water partition coefficient (Wildman–Crippen LogP) is 3.34. The fourth-order valence-electron chi connectivity index (χ4n) is 2.09. The van der Waals surface area contributed by atoms with Gasteiger partial charge in [0.15, 0.2) is 0 Å². The SMILES string of the molecule is Nc1ncccc1-c1cncn1Cc1ccc(Br)cc1. The molecule has 100 valence electrons. The second kappa shape index (κ2) is 5.46. The molecule has 2 heterocycles. The third-order valence-electron chi connectivity index (χ3n) is 3.09. The summed E-state index contributed by atoms with van der Waals surface area (Å²) in [4.78, 5) is 8.35. The van der Waals surface area contributed by atoms with Crippen molar-refractivity contribution in [2.45, 2.75) is 6.54 Å². The summed E-state index contributed by atoms with van der Waals surface area (Å²) < 4.78 is 3.14. The van der Waals surface area contributed by atoms with Crippen LogP contribution in [0.1, 0.15) is 5.56 Å². The average Bonchev–Trinajstić information content (AvgIpc) is 2.90. The number of nitrogens with zero attached hydrogens (tertiary/aromatic N) is 3. The van der Waals surface area contributed by atoms with Gasteiger partial charge in [0.25, 0.3) is 0 Å². The van der Waals surface area contributed by atoms with Crippen LogP contribution in [0.3, 0.4) is 0 Å². The van der Waals surface area contributed by atoms with Crippen molar-refractivity contribution >= 4 is 21.7 Å². The van der Waals surface area contributed by atoms with Crippen LogP contribution >= 0.6 is 15.9 Å². The molecule has 3 aromatic rings. The van der Waals surface area contributed by atoms with Crippen LogP contribution < -0.4 is 5.73 Å². The molecule has 2 N–H and O–H groups in total. The second-order valence-electron chi connectivity index (χ2n) is 4.47. The number of aromatic nitrogens is 3. The van der Waals surface area contributed by atoms with Gasteiger partial charge in [0, 0.05) is 22.8 Å². The van der Waals surface area contributed by atoms with Crippen LogP contribution in [-0.2, 0) is 6.54 Å². The van der Waals surface area contributed by atoms with Gasteiger partial charge >= 0.3 is 0 Å². The van der Waals surface area contributed by atoms with Crippen LogP contribution in [-0.4, -0.2) is 14.5 Å². The third-order valence-corrected chi connectivity index (χ3v) is 3.62. The highest BCUT2D eigenvalue weighted by Crippen LogP contribution is 2.24. The van der Waals surface area contributed by atoms with Gasteiger partial charge in [0.05, 0.1) is 18.2 Å². The van der Waals surface area contributed by atoms with Gasteiger partial charge in [-0.1, -0.05) is 28.1 Å². The lowest BCUT2D eigenvalue weighted by Crippen LogP contribution is -2.02. The minimum atomic E-state index is 0.519. The molecule has 3 rings (SSSR count). The molecular weight excluding hydrogens is 316 g/mol. The molecule has 0 amide bonds. The van der Waals surface area contributed by atoms with Crippen LogP contribution in [0.25, 0.3) is 11.3 Å². The first-order valence-corrected chi connectivity index (χ1v) is 6.99. The highest BCUT2D eigenvalue weighted by molar-refractivity contribution is 9.10. The number of rotatable bonds is 3. The first-order chi connectivity index (χ1) is 9.74. The maximum atomic E-state index is 5.94. The molecule has 0 spiro atoms. The van der Waals surface area contributed by atoms with E-state index in [1.165, 1.54) is 5.56 Å². The molecule has 0 saturated heterocycles. The van der Waals surface area contributed by atoms with Crippen LogP contribution in [0.15, 0.2) is 59.6 Å². The molecule has 0 atom stereocenters. The first kappa shape index (κ1) is 12.9. The summed E-state index contributed by atoms with van der Waals surface area (Å²) in [6, 6.07) is 12.1. The molecule has 0 aliphatic heterocycles. The molecule has 0 unspecified atom stereocenters. The highest BCUT2D eigenvalue weighted by Gasteiger charge is 2.09. The highest BCUT2D eigenvalue weighted by atomic mass is 79.9. The quantitative estimate of drug-likeness (QED) is 0.802. The van der Waals surface area contributed by atoms with Crippen LogP contribution in [0.4, 0.5) is 5.82 Å². The standard InChI is InChI=1S/C15H13BrN4/c16-12-5-3-11(4-6-12)9-20-10-18-8-14(20)13-2-1-7-19-15(13)17/h1-8,10H,9H2,(H2,17,19). The van der Waals surface area contributed by atoms with Gasteiger partial charge in [-0.2, -0.15) is 0 Å². The summed E-state index contributed by atoms with van der Waals surface area (Å²) in [5.41, 5.74) is 9.01. The van der Waals surface area contributed by atoms with Gasteiger partial charge in [-0.05, 0) is 29.8 Å². The Morgan fingerprint density at radius 2 is 1.95 bits per heavy atom. The van der Waals surface area contributed by atoms with Gasteiger partial charge in [0.2, 0.25) is 0 Å². The Morgan fingerprint density at radius 1 is 1.15 bits per heavy atom. The molecule has 20 heavy (non-hydrogen) atoms. The molecule has 5 heteroatoms. The monoisotopic (exact) mass is 328 g/mol. The lowest BCUT2D eigenvalue weighted by atomic mass is 10.2. The largest absolute Gasteiger partial charge is 0.383 e. The van der Waals surface area contributed by atoms with Crippen molar-refractivity contribution in [1.29, 1.82) is 0 Å². The Morgan fingerprint density at radius 3 is 2.70 bits per heavy atom. The zero-order valence-corrected chi connectivity index (χ0v) is 12.3. The van der Waals surface area contributed by atoms with Crippen molar-refractivity contribution in [3.63, 3.8) is 0 Å². The zero-order valence-electron chi connectivity index (χ0n) is 10.7. The fourth-order valence-corrected chi connectivity index (χ4v) is 2.36. The summed E-state index contributed by atoms with van der Waals surface area (Å²) >= 11 is 3.44. The van der Waals surface area contributed by atoms with Gasteiger partial charge in [-0.25, -0.2) is 9.97 Å². The molecule has 1 aromatic carbocycles. The van der Waals surface area contributed by atoms with Crippen LogP contribution in [0.5, 0.6) is 0 Å². The molecule has 4 nitrogen and oxygen atoms in total. The Bertz CT molecular complexity index is 719. The summed E-state index contributed by atoms with van der Waals surface area (Å²) in [5.74, 6) is 0.519. The van der Waals surface area contributed by atoms with Crippen molar-refractivity contribution in [1.82, 2.24) is 14.5 Å². The maximum Gasteiger partial charge on any atom is 0.132 e. The molecule has 0 bridgehead atoms. The molecule has 0 aliphatic rings. The summed E-state index contributed by atoms with van der Waals surface area (Å²) in [5, 5.41) is 0. The van der Waals surface area contributed by atoms with Crippen LogP contribution in [0, 0.1) is 0 Å². The number of nitrogens with two attached hydrogens (primary N) is 1. The van der Waals surface area contributed by atoms with E-state index in [1.54, 1.807) is 6.20 Å². The number of pyridine rings is 1. The van der Waals surface area contributed by atoms with E-state index < -0.39 is 0 Å². The lowest BCUT2D eigenvalue weighted by molar-refractivity contribution is 0.804. The number of halogens is 1. The van der Waals surface area contributed by atoms with Gasteiger partial charge in [-0.3, -0.25) is 0 Å². The number of benzene rings is 1. The molecule has 2 aromatic heterocycles. The number of anilines is 1. The van der Waals surface area contributed by atoms with E-state index >= 15 is 0 Å². The topological polar surface area (TPSA) is 56.7 Å². The molecule has 0 saturated carbocycles. The fraction of sp³-hybridized carbons (Fsp3) is 0.0667. The van der Waals surface area contributed by atoms with E-state index in [9.17, 15) is 0 Å². The van der Waals surface area contributed by atoms with Gasteiger partial charge < -0.3 is 10.3 Å². The van der Waals surface area contributed by atoms with Crippen molar-refractivity contribution in [3.05, 3.63) is 65.2 Å². The Balaban J connectivity index is 1.95. The normalized spacial score (nSPS) is 10.7. The van der Waals surface area contributed by atoms with Crippen molar-refractivity contribution in [2.75, 3.05) is 5.73 Å². The van der Waals surface area contributed by atoms with E-state index in [0.717, 1.165) is 22.3 Å². The minimum absolute atomic E-state index is 0.519. The first-order valence-electron chi connectivity index (χ1n) is 6.19. The maximum absolute atomic E-state index is 5.94. The Hall–Kier alpha value is -2.14. The number of imidazole rings is 1. The van der Waals surface area contributed by atoms with E-state index in [4.69, 9.17) is 5.73 Å². The molecule has 0 fully saturated rings. The van der Waals surface area contributed by atoms with E-state index in [2.05, 4.69) is 42.6 Å². The van der Waals surface area contributed by atoms with Crippen molar-refractivity contribution in [2.24, 2.45) is 0 Å². The van der Waals surface area contributed by atoms with E-state index in [-0.39, 0.29) is 0 Å². The third kappa shape index (κ3) is 2.58. The Labute approximate surface area is 125 Å². The average molecular weight is 329 g/mol. The number of hydrogen-bond donors (Lipinski definition) is 1. The van der Waals surface area contributed by atoms with Gasteiger partial charge in [0.1, 0.15) is 5.82 Å². The van der Waals surface area contributed by atoms with Crippen molar-refractivity contribution < 1.29 is 0 Å². The zero-order chi connectivity index (χ0) is 13.9. The predicted molar refractivity (Wildman–Crippen MR) is 83.1 cm³/mol. The second-order valence-corrected chi connectivity index (χ2v) is 5.39. The van der Waals surface area contributed by atoms with Crippen LogP contribution in [0.2, 0.25) is 0 Å². The van der Waals surface area contributed by atoms with Gasteiger partial charge in [-0.15, -0.1) is 0 Å². The number of nitrogen functional groups attached to an aromatic ring is 1. The summed E-state index contributed by atoms with van der Waals surface area (Å²) in [7, 11) is 0. The lowest BCUT2D eigenvalue weighted by Gasteiger charge is -2.09. The molecule has 0 radical (unpaired) electrons. The van der Waals surface area contributed by atoms with E-state index in [0.29, 0.717) is 5.82 Å². The molecular formula is C15H13BrN4. The van der Waals surface area contributed by atoms with E-state index in [1.807, 2.05) is 36.8 Å². The molecule has 0 aliphatic carbocycles.